The highest BCUT2D eigenvalue weighted by atomic mass is 79.9. The monoisotopic (exact) mass is 481 g/mol. The first-order valence-electron chi connectivity index (χ1n) is 9.54. The Labute approximate surface area is 190 Å². The van der Waals surface area contributed by atoms with Crippen LogP contribution in [0.4, 0.5) is 5.69 Å². The molecule has 0 saturated heterocycles. The van der Waals surface area contributed by atoms with Crippen LogP contribution in [0.2, 0.25) is 0 Å². The fraction of sp³-hybridized carbons (Fsp3) is 0.167. The number of halogens is 1. The molecule has 1 amide bonds. The molecule has 0 saturated carbocycles. The number of carbonyl (C=O) groups excluding carboxylic acids is 1. The Morgan fingerprint density at radius 3 is 2.30 bits per heavy atom. The van der Waals surface area contributed by atoms with Crippen LogP contribution in [-0.2, 0) is 11.5 Å². The minimum atomic E-state index is -0.223. The van der Waals surface area contributed by atoms with Crippen molar-refractivity contribution >= 4 is 45.5 Å². The number of thioether (sulfide) groups is 1. The van der Waals surface area contributed by atoms with Crippen LogP contribution in [0.25, 0.3) is 0 Å². The summed E-state index contributed by atoms with van der Waals surface area (Å²) in [6.07, 6.45) is 1.64. The summed E-state index contributed by atoms with van der Waals surface area (Å²) in [5.41, 5.74) is 7.68. The zero-order valence-electron chi connectivity index (χ0n) is 17.0. The summed E-state index contributed by atoms with van der Waals surface area (Å²) in [4.78, 5) is 14.3. The molecule has 0 fully saturated rings. The van der Waals surface area contributed by atoms with Gasteiger partial charge < -0.3 is 4.90 Å². The van der Waals surface area contributed by atoms with E-state index < -0.39 is 0 Å². The summed E-state index contributed by atoms with van der Waals surface area (Å²) >= 11 is 5.41. The standard InChI is InChI=1S/C24H24BrN3OS/c1-28(2)23-13-10-20(14-22(23)25)15-26-27-24(29)21-11-8-19(9-12-21)17-30-16-18-6-4-3-5-7-18/h3-15H,16-17H2,1-2H3,(H,27,29)/b26-15+. The molecule has 154 valence electrons. The van der Waals surface area contributed by atoms with Crippen molar-refractivity contribution in [3.63, 3.8) is 0 Å². The summed E-state index contributed by atoms with van der Waals surface area (Å²) in [6, 6.07) is 24.0. The lowest BCUT2D eigenvalue weighted by molar-refractivity contribution is 0.0955. The third-order valence-electron chi connectivity index (χ3n) is 4.43. The van der Waals surface area contributed by atoms with Gasteiger partial charge in [0, 0.05) is 35.6 Å². The summed E-state index contributed by atoms with van der Waals surface area (Å²) in [5.74, 6) is 1.66. The van der Waals surface area contributed by atoms with Crippen molar-refractivity contribution in [2.75, 3.05) is 19.0 Å². The van der Waals surface area contributed by atoms with Gasteiger partial charge in [0.2, 0.25) is 0 Å². The Balaban J connectivity index is 1.49. The van der Waals surface area contributed by atoms with E-state index in [1.165, 1.54) is 11.1 Å². The molecule has 3 aromatic rings. The average Bonchev–Trinajstić information content (AvgIpc) is 2.75. The number of rotatable bonds is 8. The topological polar surface area (TPSA) is 44.7 Å². The van der Waals surface area contributed by atoms with E-state index in [9.17, 15) is 4.79 Å². The number of anilines is 1. The highest BCUT2D eigenvalue weighted by molar-refractivity contribution is 9.10. The zero-order chi connectivity index (χ0) is 21.3. The van der Waals surface area contributed by atoms with Crippen LogP contribution in [0.15, 0.2) is 82.4 Å². The number of nitrogens with zero attached hydrogens (tertiary/aromatic N) is 2. The van der Waals surface area contributed by atoms with E-state index in [1.807, 2.05) is 79.3 Å². The van der Waals surface area contributed by atoms with E-state index in [4.69, 9.17) is 0 Å². The predicted octanol–water partition coefficient (Wildman–Crippen LogP) is 5.71. The van der Waals surface area contributed by atoms with Crippen molar-refractivity contribution in [2.24, 2.45) is 5.10 Å². The van der Waals surface area contributed by atoms with Crippen molar-refractivity contribution in [2.45, 2.75) is 11.5 Å². The number of hydrazone groups is 1. The molecule has 0 atom stereocenters. The van der Waals surface area contributed by atoms with Gasteiger partial charge in [-0.2, -0.15) is 16.9 Å². The van der Waals surface area contributed by atoms with Gasteiger partial charge in [0.05, 0.1) is 11.9 Å². The number of hydrogen-bond donors (Lipinski definition) is 1. The van der Waals surface area contributed by atoms with Gasteiger partial charge in [-0.05, 0) is 56.9 Å². The third kappa shape index (κ3) is 6.47. The van der Waals surface area contributed by atoms with Crippen molar-refractivity contribution in [3.05, 3.63) is 99.5 Å². The van der Waals surface area contributed by atoms with Crippen molar-refractivity contribution in [1.82, 2.24) is 5.43 Å². The quantitative estimate of drug-likeness (QED) is 0.330. The molecule has 0 unspecified atom stereocenters. The summed E-state index contributed by atoms with van der Waals surface area (Å²) in [6.45, 7) is 0. The van der Waals surface area contributed by atoms with Crippen molar-refractivity contribution in [1.29, 1.82) is 0 Å². The van der Waals surface area contributed by atoms with Gasteiger partial charge in [-0.3, -0.25) is 4.79 Å². The molecule has 0 radical (unpaired) electrons. The van der Waals surface area contributed by atoms with Crippen LogP contribution in [0.3, 0.4) is 0 Å². The predicted molar refractivity (Wildman–Crippen MR) is 131 cm³/mol. The Kier molecular flexibility index (Phi) is 8.11. The number of carbonyl (C=O) groups is 1. The second kappa shape index (κ2) is 11.0. The van der Waals surface area contributed by atoms with Gasteiger partial charge >= 0.3 is 0 Å². The first-order chi connectivity index (χ1) is 14.5. The molecule has 0 aliphatic rings. The van der Waals surface area contributed by atoms with Crippen molar-refractivity contribution in [3.8, 4) is 0 Å². The lowest BCUT2D eigenvalue weighted by atomic mass is 10.1. The summed E-state index contributed by atoms with van der Waals surface area (Å²) < 4.78 is 0.975. The summed E-state index contributed by atoms with van der Waals surface area (Å²) in [7, 11) is 3.97. The molecule has 0 aliphatic carbocycles. The molecule has 0 aromatic heterocycles. The number of amides is 1. The van der Waals surface area contributed by atoms with Crippen LogP contribution in [0, 0.1) is 0 Å². The van der Waals surface area contributed by atoms with E-state index in [-0.39, 0.29) is 5.91 Å². The molecule has 4 nitrogen and oxygen atoms in total. The number of hydrogen-bond acceptors (Lipinski definition) is 4. The van der Waals surface area contributed by atoms with Gasteiger partial charge in [0.15, 0.2) is 0 Å². The van der Waals surface area contributed by atoms with E-state index in [2.05, 4.69) is 50.7 Å². The van der Waals surface area contributed by atoms with Crippen LogP contribution < -0.4 is 10.3 Å². The molecule has 30 heavy (non-hydrogen) atoms. The maximum atomic E-state index is 12.3. The first kappa shape index (κ1) is 22.1. The Morgan fingerprint density at radius 2 is 1.67 bits per heavy atom. The Bertz CT molecular complexity index is 1000. The smallest absolute Gasteiger partial charge is 0.271 e. The Morgan fingerprint density at radius 1 is 1.00 bits per heavy atom. The van der Waals surface area contributed by atoms with Gasteiger partial charge in [0.25, 0.3) is 5.91 Å². The van der Waals surface area contributed by atoms with Gasteiger partial charge in [-0.1, -0.05) is 48.5 Å². The molecule has 3 aromatic carbocycles. The average molecular weight is 482 g/mol. The van der Waals surface area contributed by atoms with Gasteiger partial charge in [-0.15, -0.1) is 0 Å². The molecular weight excluding hydrogens is 458 g/mol. The minimum absolute atomic E-state index is 0.223. The Hall–Kier alpha value is -2.57. The number of benzene rings is 3. The van der Waals surface area contributed by atoms with Crippen LogP contribution in [-0.4, -0.2) is 26.2 Å². The molecular formula is C24H24BrN3OS. The van der Waals surface area contributed by atoms with E-state index in [1.54, 1.807) is 6.21 Å². The van der Waals surface area contributed by atoms with Crippen LogP contribution in [0.1, 0.15) is 27.0 Å². The van der Waals surface area contributed by atoms with Gasteiger partial charge in [0.1, 0.15) is 0 Å². The van der Waals surface area contributed by atoms with Gasteiger partial charge in [-0.25, -0.2) is 5.43 Å². The third-order valence-corrected chi connectivity index (χ3v) is 6.14. The zero-order valence-corrected chi connectivity index (χ0v) is 19.4. The second-order valence-corrected chi connectivity index (χ2v) is 8.82. The van der Waals surface area contributed by atoms with Crippen molar-refractivity contribution < 1.29 is 4.79 Å². The molecule has 6 heteroatoms. The SMILES string of the molecule is CN(C)c1ccc(/C=N/NC(=O)c2ccc(CSCc3ccccc3)cc2)cc1Br. The summed E-state index contributed by atoms with van der Waals surface area (Å²) in [5, 5.41) is 4.08. The fourth-order valence-electron chi connectivity index (χ4n) is 2.81. The van der Waals surface area contributed by atoms with Crippen LogP contribution in [0.5, 0.6) is 0 Å². The largest absolute Gasteiger partial charge is 0.377 e. The number of nitrogens with one attached hydrogen (secondary N) is 1. The molecule has 0 heterocycles. The highest BCUT2D eigenvalue weighted by Gasteiger charge is 2.05. The minimum Gasteiger partial charge on any atom is -0.377 e. The molecule has 0 aliphatic heterocycles. The molecule has 3 rings (SSSR count). The first-order valence-corrected chi connectivity index (χ1v) is 11.5. The molecule has 0 bridgehead atoms. The fourth-order valence-corrected chi connectivity index (χ4v) is 4.52. The van der Waals surface area contributed by atoms with Crippen LogP contribution >= 0.6 is 27.7 Å². The normalized spacial score (nSPS) is 10.9. The molecule has 0 spiro atoms. The van der Waals surface area contributed by atoms with E-state index >= 15 is 0 Å². The maximum absolute atomic E-state index is 12.3. The highest BCUT2D eigenvalue weighted by Crippen LogP contribution is 2.25. The lowest BCUT2D eigenvalue weighted by Gasteiger charge is -2.14. The van der Waals surface area contributed by atoms with E-state index in [0.717, 1.165) is 27.2 Å². The van der Waals surface area contributed by atoms with E-state index in [0.29, 0.717) is 5.56 Å². The molecule has 1 N–H and O–H groups in total. The second-order valence-electron chi connectivity index (χ2n) is 6.98. The lowest BCUT2D eigenvalue weighted by Crippen LogP contribution is -2.17. The maximum Gasteiger partial charge on any atom is 0.271 e.